The molecule has 0 unspecified atom stereocenters. The van der Waals surface area contributed by atoms with Crippen molar-refractivity contribution >= 4 is 5.97 Å². The lowest BCUT2D eigenvalue weighted by Gasteiger charge is -2.10. The van der Waals surface area contributed by atoms with E-state index in [-0.39, 0.29) is 31.7 Å². The zero-order chi connectivity index (χ0) is 15.2. The molecule has 7 heteroatoms. The van der Waals surface area contributed by atoms with Crippen LogP contribution in [0.2, 0.25) is 0 Å². The number of nitrogens with one attached hydrogen (secondary N) is 1. The van der Waals surface area contributed by atoms with Gasteiger partial charge in [0.05, 0.1) is 18.6 Å². The molecule has 0 amide bonds. The minimum atomic E-state index is -4.58. The van der Waals surface area contributed by atoms with Crippen molar-refractivity contribution in [2.24, 2.45) is 0 Å². The number of carbonyl (C=O) groups is 1. The van der Waals surface area contributed by atoms with E-state index >= 15 is 0 Å². The molecule has 0 bridgehead atoms. The van der Waals surface area contributed by atoms with Gasteiger partial charge in [-0.3, -0.25) is 4.79 Å². The molecule has 0 aliphatic carbocycles. The van der Waals surface area contributed by atoms with Crippen LogP contribution < -0.4 is 5.32 Å². The summed E-state index contributed by atoms with van der Waals surface area (Å²) in [7, 11) is 0. The molecule has 112 valence electrons. The first-order valence-corrected chi connectivity index (χ1v) is 6.06. The molecule has 0 spiro atoms. The zero-order valence-corrected chi connectivity index (χ0v) is 10.9. The highest BCUT2D eigenvalue weighted by Crippen LogP contribution is 2.30. The van der Waals surface area contributed by atoms with Crippen molar-refractivity contribution in [3.8, 4) is 0 Å². The zero-order valence-electron chi connectivity index (χ0n) is 10.9. The molecule has 1 rings (SSSR count). The number of carbonyl (C=O) groups excluding carboxylic acids is 1. The highest BCUT2D eigenvalue weighted by atomic mass is 19.4. The molecule has 0 aliphatic heterocycles. The first-order valence-electron chi connectivity index (χ1n) is 6.06. The number of alkyl halides is 3. The Bertz CT molecular complexity index is 460. The number of esters is 1. The van der Waals surface area contributed by atoms with Crippen LogP contribution in [0.1, 0.15) is 24.5 Å². The lowest BCUT2D eigenvalue weighted by atomic mass is 10.1. The van der Waals surface area contributed by atoms with Crippen molar-refractivity contribution in [2.75, 3.05) is 13.2 Å². The normalized spacial score (nSPS) is 11.4. The van der Waals surface area contributed by atoms with Crippen LogP contribution in [0.5, 0.6) is 0 Å². The van der Waals surface area contributed by atoms with E-state index in [1.54, 1.807) is 6.92 Å². The molecule has 1 aromatic carbocycles. The minimum Gasteiger partial charge on any atom is -0.466 e. The topological polar surface area (TPSA) is 38.3 Å². The fraction of sp³-hybridized carbons (Fsp3) is 0.462. The van der Waals surface area contributed by atoms with Crippen molar-refractivity contribution in [1.82, 2.24) is 5.32 Å². The maximum Gasteiger partial charge on any atom is 0.416 e. The van der Waals surface area contributed by atoms with Gasteiger partial charge in [0.25, 0.3) is 0 Å². The molecule has 0 fully saturated rings. The van der Waals surface area contributed by atoms with E-state index < -0.39 is 23.5 Å². The number of halogens is 4. The van der Waals surface area contributed by atoms with Crippen LogP contribution in [-0.4, -0.2) is 19.1 Å². The quantitative estimate of drug-likeness (QED) is 0.498. The van der Waals surface area contributed by atoms with Gasteiger partial charge >= 0.3 is 12.1 Å². The summed E-state index contributed by atoms with van der Waals surface area (Å²) in [6.45, 7) is 2.24. The van der Waals surface area contributed by atoms with Crippen molar-refractivity contribution in [3.05, 3.63) is 35.1 Å². The molecule has 20 heavy (non-hydrogen) atoms. The van der Waals surface area contributed by atoms with E-state index in [1.165, 1.54) is 0 Å². The summed E-state index contributed by atoms with van der Waals surface area (Å²) in [4.78, 5) is 11.0. The van der Waals surface area contributed by atoms with Gasteiger partial charge in [0.15, 0.2) is 0 Å². The van der Waals surface area contributed by atoms with Crippen LogP contribution in [-0.2, 0) is 22.3 Å². The molecule has 3 nitrogen and oxygen atoms in total. The van der Waals surface area contributed by atoms with E-state index in [9.17, 15) is 22.4 Å². The van der Waals surface area contributed by atoms with Crippen molar-refractivity contribution in [2.45, 2.75) is 26.1 Å². The number of hydrogen-bond donors (Lipinski definition) is 1. The third-order valence-corrected chi connectivity index (χ3v) is 2.43. The van der Waals surface area contributed by atoms with Gasteiger partial charge in [-0.25, -0.2) is 4.39 Å². The van der Waals surface area contributed by atoms with Crippen molar-refractivity contribution in [3.63, 3.8) is 0 Å². The van der Waals surface area contributed by atoms with Crippen LogP contribution >= 0.6 is 0 Å². The summed E-state index contributed by atoms with van der Waals surface area (Å²) in [5.74, 6) is -1.34. The smallest absolute Gasteiger partial charge is 0.416 e. The largest absolute Gasteiger partial charge is 0.466 e. The SMILES string of the molecule is CCOC(=O)CCNCc1cc(F)cc(C(F)(F)F)c1. The predicted octanol–water partition coefficient (Wildman–Crippen LogP) is 2.89. The second kappa shape index (κ2) is 7.23. The first kappa shape index (κ1) is 16.4. The summed E-state index contributed by atoms with van der Waals surface area (Å²) in [6.07, 6.45) is -4.48. The molecule has 1 aromatic rings. The molecule has 1 N–H and O–H groups in total. The summed E-state index contributed by atoms with van der Waals surface area (Å²) >= 11 is 0. The molecule has 0 saturated heterocycles. The van der Waals surface area contributed by atoms with Crippen LogP contribution in [0.3, 0.4) is 0 Å². The summed E-state index contributed by atoms with van der Waals surface area (Å²) in [5, 5.41) is 2.76. The molecular weight excluding hydrogens is 278 g/mol. The Morgan fingerprint density at radius 2 is 2.00 bits per heavy atom. The lowest BCUT2D eigenvalue weighted by Crippen LogP contribution is -2.19. The van der Waals surface area contributed by atoms with Gasteiger partial charge in [-0.05, 0) is 30.7 Å². The Balaban J connectivity index is 2.52. The van der Waals surface area contributed by atoms with Gasteiger partial charge in [0.1, 0.15) is 5.82 Å². The molecular formula is C13H15F4NO2. The van der Waals surface area contributed by atoms with Crippen LogP contribution in [0.4, 0.5) is 17.6 Å². The van der Waals surface area contributed by atoms with Gasteiger partial charge in [-0.15, -0.1) is 0 Å². The van der Waals surface area contributed by atoms with E-state index in [2.05, 4.69) is 10.1 Å². The lowest BCUT2D eigenvalue weighted by molar-refractivity contribution is -0.143. The van der Waals surface area contributed by atoms with Crippen LogP contribution in [0.15, 0.2) is 18.2 Å². The second-order valence-corrected chi connectivity index (χ2v) is 4.08. The maximum atomic E-state index is 13.1. The predicted molar refractivity (Wildman–Crippen MR) is 64.4 cm³/mol. The maximum absolute atomic E-state index is 13.1. The Morgan fingerprint density at radius 1 is 1.30 bits per heavy atom. The van der Waals surface area contributed by atoms with Gasteiger partial charge < -0.3 is 10.1 Å². The monoisotopic (exact) mass is 293 g/mol. The fourth-order valence-electron chi connectivity index (χ4n) is 1.57. The third kappa shape index (κ3) is 5.56. The molecule has 0 aromatic heterocycles. The molecule has 0 saturated carbocycles. The molecule has 0 aliphatic rings. The standard InChI is InChI=1S/C13H15F4NO2/c1-2-20-12(19)3-4-18-8-9-5-10(13(15,16)17)7-11(14)6-9/h5-7,18H,2-4,8H2,1H3. The number of hydrogen-bond acceptors (Lipinski definition) is 3. The van der Waals surface area contributed by atoms with E-state index in [4.69, 9.17) is 0 Å². The Labute approximate surface area is 113 Å². The summed E-state index contributed by atoms with van der Waals surface area (Å²) < 4.78 is 55.2. The second-order valence-electron chi connectivity index (χ2n) is 4.08. The van der Waals surface area contributed by atoms with Gasteiger partial charge in [-0.1, -0.05) is 0 Å². The first-order chi connectivity index (χ1) is 9.32. The van der Waals surface area contributed by atoms with Crippen LogP contribution in [0, 0.1) is 5.82 Å². The van der Waals surface area contributed by atoms with E-state index in [0.29, 0.717) is 6.07 Å². The fourth-order valence-corrected chi connectivity index (χ4v) is 1.57. The summed E-state index contributed by atoms with van der Waals surface area (Å²) in [5.41, 5.74) is -0.860. The highest BCUT2D eigenvalue weighted by molar-refractivity contribution is 5.69. The average molecular weight is 293 g/mol. The average Bonchev–Trinajstić information content (AvgIpc) is 2.33. The molecule has 0 radical (unpaired) electrons. The number of rotatable bonds is 6. The number of ether oxygens (including phenoxy) is 1. The van der Waals surface area contributed by atoms with Gasteiger partial charge in [0.2, 0.25) is 0 Å². The number of benzene rings is 1. The Morgan fingerprint density at radius 3 is 2.60 bits per heavy atom. The van der Waals surface area contributed by atoms with E-state index in [1.807, 2.05) is 0 Å². The minimum absolute atomic E-state index is 0.0419. The Hall–Kier alpha value is -1.63. The molecule has 0 atom stereocenters. The van der Waals surface area contributed by atoms with E-state index in [0.717, 1.165) is 12.1 Å². The highest BCUT2D eigenvalue weighted by Gasteiger charge is 2.31. The van der Waals surface area contributed by atoms with Crippen LogP contribution in [0.25, 0.3) is 0 Å². The Kier molecular flexibility index (Phi) is 5.94. The van der Waals surface area contributed by atoms with Crippen molar-refractivity contribution < 1.29 is 27.1 Å². The van der Waals surface area contributed by atoms with Gasteiger partial charge in [-0.2, -0.15) is 13.2 Å². The molecule has 0 heterocycles. The van der Waals surface area contributed by atoms with Gasteiger partial charge in [0, 0.05) is 13.1 Å². The third-order valence-electron chi connectivity index (χ3n) is 2.43. The summed E-state index contributed by atoms with van der Waals surface area (Å²) in [6, 6.07) is 2.34. The van der Waals surface area contributed by atoms with Crippen molar-refractivity contribution in [1.29, 1.82) is 0 Å².